The molecule has 0 atom stereocenters. The molecular weight excluding hydrogens is 507 g/mol. The molecule has 1 spiro atoms. The number of halogens is 3. The molecule has 212 valence electrons. The SMILES string of the molecule is CCN(C(=O)C(C)C)c1cc(F)ccc1Oc1cncnc1N1CC2(CCN(CC3CCC(F)(F)CC3)C2)C1. The first-order chi connectivity index (χ1) is 18.6. The largest absolute Gasteiger partial charge is 0.450 e. The number of rotatable bonds is 8. The van der Waals surface area contributed by atoms with Crippen LogP contribution in [0.25, 0.3) is 0 Å². The van der Waals surface area contributed by atoms with Crippen molar-refractivity contribution in [2.45, 2.75) is 58.8 Å². The highest BCUT2D eigenvalue weighted by molar-refractivity contribution is 5.96. The zero-order valence-corrected chi connectivity index (χ0v) is 23.0. The van der Waals surface area contributed by atoms with Gasteiger partial charge in [-0.1, -0.05) is 13.8 Å². The average molecular weight is 546 g/mol. The fraction of sp³-hybridized carbons (Fsp3) is 0.621. The fourth-order valence-corrected chi connectivity index (χ4v) is 6.29. The normalized spacial score (nSPS) is 20.8. The van der Waals surface area contributed by atoms with Crippen molar-refractivity contribution in [3.05, 3.63) is 36.5 Å². The van der Waals surface area contributed by atoms with Crippen LogP contribution in [0.15, 0.2) is 30.7 Å². The molecular formula is C29H38F3N5O2. The lowest BCUT2D eigenvalue weighted by molar-refractivity contribution is -0.121. The van der Waals surface area contributed by atoms with E-state index in [1.54, 1.807) is 6.20 Å². The van der Waals surface area contributed by atoms with Crippen molar-refractivity contribution in [3.63, 3.8) is 0 Å². The lowest BCUT2D eigenvalue weighted by Gasteiger charge is -2.49. The summed E-state index contributed by atoms with van der Waals surface area (Å²) >= 11 is 0. The summed E-state index contributed by atoms with van der Waals surface area (Å²) in [6.45, 7) is 10.3. The molecule has 1 aromatic carbocycles. The van der Waals surface area contributed by atoms with E-state index in [4.69, 9.17) is 4.74 Å². The minimum Gasteiger partial charge on any atom is -0.450 e. The number of hydrogen-bond acceptors (Lipinski definition) is 6. The number of benzene rings is 1. The molecule has 1 amide bonds. The fourth-order valence-electron chi connectivity index (χ4n) is 6.29. The molecule has 0 bridgehead atoms. The van der Waals surface area contributed by atoms with Gasteiger partial charge in [-0.05, 0) is 50.8 Å². The standard InChI is InChI=1S/C29H38F3N5O2/c1-4-37(27(38)20(2)3)23-13-22(30)5-6-24(23)39-25-14-33-19-34-26(25)36-17-28(18-36)11-12-35(16-28)15-21-7-9-29(31,32)10-8-21/h5-6,13-14,19-21H,4,7-12,15-18H2,1-3H3. The number of likely N-dealkylation sites (tertiary alicyclic amines) is 1. The van der Waals surface area contributed by atoms with Gasteiger partial charge >= 0.3 is 0 Å². The van der Waals surface area contributed by atoms with Crippen molar-refractivity contribution in [2.24, 2.45) is 17.3 Å². The van der Waals surface area contributed by atoms with Gasteiger partial charge in [0.25, 0.3) is 0 Å². The molecule has 3 fully saturated rings. The maximum Gasteiger partial charge on any atom is 0.248 e. The summed E-state index contributed by atoms with van der Waals surface area (Å²) in [6, 6.07) is 4.17. The van der Waals surface area contributed by atoms with Crippen LogP contribution in [0.1, 0.15) is 52.9 Å². The van der Waals surface area contributed by atoms with Crippen molar-refractivity contribution < 1.29 is 22.7 Å². The number of anilines is 2. The van der Waals surface area contributed by atoms with Gasteiger partial charge in [-0.25, -0.2) is 23.1 Å². The van der Waals surface area contributed by atoms with Gasteiger partial charge < -0.3 is 19.4 Å². The summed E-state index contributed by atoms with van der Waals surface area (Å²) in [6.07, 6.45) is 5.39. The molecule has 0 N–H and O–H groups in total. The molecule has 5 rings (SSSR count). The predicted molar refractivity (Wildman–Crippen MR) is 144 cm³/mol. The zero-order valence-electron chi connectivity index (χ0n) is 23.0. The van der Waals surface area contributed by atoms with E-state index < -0.39 is 11.7 Å². The van der Waals surface area contributed by atoms with Gasteiger partial charge in [0, 0.05) is 63.0 Å². The van der Waals surface area contributed by atoms with E-state index in [0.29, 0.717) is 48.3 Å². The Morgan fingerprint density at radius 1 is 1.15 bits per heavy atom. The minimum atomic E-state index is -2.48. The first-order valence-corrected chi connectivity index (χ1v) is 14.0. The molecule has 2 saturated heterocycles. The molecule has 1 aliphatic carbocycles. The number of alkyl halides is 2. The first kappa shape index (κ1) is 27.7. The van der Waals surface area contributed by atoms with Gasteiger partial charge in [-0.15, -0.1) is 0 Å². The number of carbonyl (C=O) groups is 1. The maximum absolute atomic E-state index is 14.2. The summed E-state index contributed by atoms with van der Waals surface area (Å²) in [7, 11) is 0. The highest BCUT2D eigenvalue weighted by Crippen LogP contribution is 2.46. The van der Waals surface area contributed by atoms with Crippen molar-refractivity contribution in [2.75, 3.05) is 49.1 Å². The monoisotopic (exact) mass is 545 g/mol. The van der Waals surface area contributed by atoms with Gasteiger partial charge in [0.1, 0.15) is 12.1 Å². The predicted octanol–water partition coefficient (Wildman–Crippen LogP) is 5.75. The van der Waals surface area contributed by atoms with Crippen LogP contribution in [0.4, 0.5) is 24.7 Å². The highest BCUT2D eigenvalue weighted by Gasteiger charge is 2.49. The second-order valence-corrected chi connectivity index (χ2v) is 11.8. The molecule has 10 heteroatoms. The molecule has 7 nitrogen and oxygen atoms in total. The van der Waals surface area contributed by atoms with E-state index in [0.717, 1.165) is 39.1 Å². The molecule has 1 saturated carbocycles. The Kier molecular flexibility index (Phi) is 7.77. The van der Waals surface area contributed by atoms with Gasteiger partial charge in [-0.2, -0.15) is 0 Å². The van der Waals surface area contributed by atoms with Crippen LogP contribution in [0.3, 0.4) is 0 Å². The third-order valence-electron chi connectivity index (χ3n) is 8.39. The van der Waals surface area contributed by atoms with E-state index in [9.17, 15) is 18.0 Å². The summed E-state index contributed by atoms with van der Waals surface area (Å²) in [5.74, 6) is -1.47. The van der Waals surface area contributed by atoms with Crippen LogP contribution in [0.2, 0.25) is 0 Å². The van der Waals surface area contributed by atoms with Gasteiger partial charge in [0.2, 0.25) is 11.8 Å². The maximum atomic E-state index is 14.2. The molecule has 2 aromatic rings. The lowest BCUT2D eigenvalue weighted by Crippen LogP contribution is -2.58. The van der Waals surface area contributed by atoms with E-state index in [1.807, 2.05) is 20.8 Å². The number of nitrogens with zero attached hydrogens (tertiary/aromatic N) is 5. The lowest BCUT2D eigenvalue weighted by atomic mass is 9.79. The van der Waals surface area contributed by atoms with Crippen LogP contribution in [-0.2, 0) is 4.79 Å². The van der Waals surface area contributed by atoms with Crippen molar-refractivity contribution in [1.29, 1.82) is 0 Å². The van der Waals surface area contributed by atoms with Gasteiger partial charge in [0.15, 0.2) is 17.3 Å². The number of carbonyl (C=O) groups excluding carboxylic acids is 1. The Labute approximate surface area is 228 Å². The number of aromatic nitrogens is 2. The zero-order chi connectivity index (χ0) is 27.8. The van der Waals surface area contributed by atoms with Crippen molar-refractivity contribution >= 4 is 17.4 Å². The molecule has 1 aromatic heterocycles. The highest BCUT2D eigenvalue weighted by atomic mass is 19.3. The van der Waals surface area contributed by atoms with Crippen LogP contribution in [0, 0.1) is 23.1 Å². The molecule has 3 aliphatic rings. The molecule has 2 aliphatic heterocycles. The minimum absolute atomic E-state index is 0.0122. The van der Waals surface area contributed by atoms with Crippen LogP contribution < -0.4 is 14.5 Å². The van der Waals surface area contributed by atoms with Gasteiger partial charge in [-0.3, -0.25) is 4.79 Å². The van der Waals surface area contributed by atoms with E-state index in [1.165, 1.54) is 29.4 Å². The Bertz CT molecular complexity index is 1180. The summed E-state index contributed by atoms with van der Waals surface area (Å²) < 4.78 is 47.6. The first-order valence-electron chi connectivity index (χ1n) is 14.0. The Morgan fingerprint density at radius 3 is 2.59 bits per heavy atom. The number of amides is 1. The van der Waals surface area contributed by atoms with Crippen LogP contribution >= 0.6 is 0 Å². The third kappa shape index (κ3) is 6.00. The topological polar surface area (TPSA) is 61.8 Å². The number of hydrogen-bond donors (Lipinski definition) is 0. The average Bonchev–Trinajstić information content (AvgIpc) is 3.31. The second kappa shape index (κ2) is 10.9. The molecule has 0 unspecified atom stereocenters. The van der Waals surface area contributed by atoms with E-state index in [2.05, 4.69) is 19.8 Å². The number of ether oxygens (including phenoxy) is 1. The van der Waals surface area contributed by atoms with Gasteiger partial charge in [0.05, 0.1) is 11.9 Å². The summed E-state index contributed by atoms with van der Waals surface area (Å²) in [4.78, 5) is 27.6. The van der Waals surface area contributed by atoms with Crippen LogP contribution in [-0.4, -0.2) is 66.0 Å². The molecule has 0 radical (unpaired) electrons. The van der Waals surface area contributed by atoms with Crippen LogP contribution in [0.5, 0.6) is 11.5 Å². The Balaban J connectivity index is 1.25. The van der Waals surface area contributed by atoms with E-state index in [-0.39, 0.29) is 30.1 Å². The Hall–Kier alpha value is -2.88. The Morgan fingerprint density at radius 2 is 1.90 bits per heavy atom. The third-order valence-corrected chi connectivity index (χ3v) is 8.39. The quantitative estimate of drug-likeness (QED) is 0.421. The van der Waals surface area contributed by atoms with Crippen molar-refractivity contribution in [3.8, 4) is 11.5 Å². The second-order valence-electron chi connectivity index (χ2n) is 11.8. The van der Waals surface area contributed by atoms with E-state index >= 15 is 0 Å². The molecule has 39 heavy (non-hydrogen) atoms. The summed E-state index contributed by atoms with van der Waals surface area (Å²) in [5, 5.41) is 0. The smallest absolute Gasteiger partial charge is 0.248 e. The molecule has 3 heterocycles. The van der Waals surface area contributed by atoms with Crippen molar-refractivity contribution in [1.82, 2.24) is 14.9 Å². The summed E-state index contributed by atoms with van der Waals surface area (Å²) in [5.41, 5.74) is 0.530.